The van der Waals surface area contributed by atoms with Gasteiger partial charge in [0, 0.05) is 50.2 Å². The SMILES string of the molecule is [B]c1c([B])c(N2CCN(c3ncc(F)cn3)CC2)c(O)c([B])c1NC(=O)C(=O)c1c(-c2ccccc2)cc(C)n1C. The number of anilines is 3. The molecule has 0 aliphatic carbocycles. The summed E-state index contributed by atoms with van der Waals surface area (Å²) in [5.74, 6) is -2.31. The number of rotatable bonds is 6. The van der Waals surface area contributed by atoms with Crippen LogP contribution in [0.15, 0.2) is 48.8 Å². The molecule has 3 heterocycles. The van der Waals surface area contributed by atoms with Gasteiger partial charge in [-0.3, -0.25) is 9.59 Å². The second-order valence-corrected chi connectivity index (χ2v) is 9.74. The van der Waals surface area contributed by atoms with Crippen molar-refractivity contribution < 1.29 is 19.1 Å². The Morgan fingerprint density at radius 3 is 2.20 bits per heavy atom. The number of carbonyl (C=O) groups is 2. The van der Waals surface area contributed by atoms with E-state index in [1.54, 1.807) is 16.5 Å². The molecule has 0 spiro atoms. The highest BCUT2D eigenvalue weighted by Crippen LogP contribution is 2.29. The van der Waals surface area contributed by atoms with Gasteiger partial charge in [-0.25, -0.2) is 14.4 Å². The zero-order valence-electron chi connectivity index (χ0n) is 22.6. The highest BCUT2D eigenvalue weighted by molar-refractivity contribution is 6.58. The zero-order valence-corrected chi connectivity index (χ0v) is 22.6. The average molecular weight is 544 g/mol. The van der Waals surface area contributed by atoms with Crippen LogP contribution >= 0.6 is 0 Å². The minimum absolute atomic E-state index is 0.00520. The van der Waals surface area contributed by atoms with E-state index in [0.29, 0.717) is 37.7 Å². The van der Waals surface area contributed by atoms with Gasteiger partial charge in [0.1, 0.15) is 35.0 Å². The number of piperazine rings is 1. The molecule has 2 aromatic carbocycles. The number of nitrogens with zero attached hydrogens (tertiary/aromatic N) is 5. The topological polar surface area (TPSA) is 104 Å². The third-order valence-corrected chi connectivity index (χ3v) is 7.27. The number of ketones is 1. The molecule has 6 radical (unpaired) electrons. The number of hydrogen-bond donors (Lipinski definition) is 2. The molecule has 2 N–H and O–H groups in total. The molecule has 0 unspecified atom stereocenters. The van der Waals surface area contributed by atoms with Crippen LogP contribution in [-0.2, 0) is 11.8 Å². The van der Waals surface area contributed by atoms with Crippen LogP contribution in [0.4, 0.5) is 21.7 Å². The van der Waals surface area contributed by atoms with Crippen LogP contribution in [-0.4, -0.2) is 81.0 Å². The maximum absolute atomic E-state index is 13.4. The van der Waals surface area contributed by atoms with Crippen molar-refractivity contribution in [3.05, 3.63) is 66.0 Å². The lowest BCUT2D eigenvalue weighted by atomic mass is 9.73. The summed E-state index contributed by atoms with van der Waals surface area (Å²) < 4.78 is 14.8. The largest absolute Gasteiger partial charge is 0.506 e. The summed E-state index contributed by atoms with van der Waals surface area (Å²) in [6, 6.07) is 11.1. The fourth-order valence-corrected chi connectivity index (χ4v) is 4.96. The van der Waals surface area contributed by atoms with E-state index in [2.05, 4.69) is 15.3 Å². The summed E-state index contributed by atoms with van der Waals surface area (Å²) in [7, 11) is 20.6. The maximum atomic E-state index is 13.4. The molecule has 0 atom stereocenters. The van der Waals surface area contributed by atoms with Crippen molar-refractivity contribution >= 4 is 68.9 Å². The van der Waals surface area contributed by atoms with Gasteiger partial charge in [-0.1, -0.05) is 41.3 Å². The van der Waals surface area contributed by atoms with Gasteiger partial charge in [-0.2, -0.15) is 0 Å². The molecule has 5 rings (SSSR count). The Balaban J connectivity index is 1.38. The van der Waals surface area contributed by atoms with Crippen LogP contribution in [0.1, 0.15) is 16.2 Å². The van der Waals surface area contributed by atoms with Gasteiger partial charge in [0.05, 0.1) is 18.1 Å². The Morgan fingerprint density at radius 2 is 1.56 bits per heavy atom. The third-order valence-electron chi connectivity index (χ3n) is 7.27. The van der Waals surface area contributed by atoms with Crippen LogP contribution < -0.4 is 31.5 Å². The number of halogens is 1. The Kier molecular flexibility index (Phi) is 7.62. The number of benzene rings is 2. The predicted octanol–water partition coefficient (Wildman–Crippen LogP) is 0.165. The monoisotopic (exact) mass is 544 g/mol. The van der Waals surface area contributed by atoms with Crippen LogP contribution in [0.25, 0.3) is 11.1 Å². The van der Waals surface area contributed by atoms with Crippen molar-refractivity contribution in [3.63, 3.8) is 0 Å². The molecule has 4 aromatic rings. The lowest BCUT2D eigenvalue weighted by Crippen LogP contribution is -2.50. The standard InChI is InChI=1S/C28H24B3FN6O3/c1-15-12-18(16-6-4-3-5-7-16)23(36(15)2)26(40)27(41)35-22-19(29)20(30)24(25(39)21(22)31)37-8-10-38(11-9-37)28-33-13-17(32)14-34-28/h3-7,12-14,39H,8-11H2,1-2H3,(H,35,41). The lowest BCUT2D eigenvalue weighted by Gasteiger charge is -2.38. The molecule has 41 heavy (non-hydrogen) atoms. The molecule has 1 fully saturated rings. The number of aromatic hydroxyl groups is 1. The normalized spacial score (nSPS) is 13.3. The highest BCUT2D eigenvalue weighted by Gasteiger charge is 2.28. The van der Waals surface area contributed by atoms with Crippen molar-refractivity contribution in [2.24, 2.45) is 7.05 Å². The number of carbonyl (C=O) groups excluding carboxylic acids is 2. The average Bonchev–Trinajstić information content (AvgIpc) is 3.28. The molecular formula is C28H24B3FN6O3. The molecule has 1 amide bonds. The van der Waals surface area contributed by atoms with E-state index in [1.165, 1.54) is 0 Å². The van der Waals surface area contributed by atoms with Crippen LogP contribution in [0.5, 0.6) is 5.75 Å². The van der Waals surface area contributed by atoms with Crippen LogP contribution in [0.2, 0.25) is 0 Å². The van der Waals surface area contributed by atoms with Gasteiger partial charge in [-0.05, 0) is 24.0 Å². The van der Waals surface area contributed by atoms with Gasteiger partial charge in [0.2, 0.25) is 5.95 Å². The number of Topliss-reactive ketones (excluding diaryl/α,β-unsaturated/α-hetero) is 1. The second-order valence-electron chi connectivity index (χ2n) is 9.74. The first-order chi connectivity index (χ1) is 19.6. The molecule has 0 bridgehead atoms. The molecule has 9 nitrogen and oxygen atoms in total. The summed E-state index contributed by atoms with van der Waals surface area (Å²) in [6.45, 7) is 3.54. The van der Waals surface area contributed by atoms with Gasteiger partial charge in [0.15, 0.2) is 5.82 Å². The lowest BCUT2D eigenvalue weighted by molar-refractivity contribution is -0.112. The van der Waals surface area contributed by atoms with Crippen molar-refractivity contribution in [3.8, 4) is 16.9 Å². The van der Waals surface area contributed by atoms with E-state index in [-0.39, 0.29) is 39.2 Å². The molecule has 1 aliphatic rings. The molecule has 13 heteroatoms. The van der Waals surface area contributed by atoms with Crippen LogP contribution in [0.3, 0.4) is 0 Å². The number of phenols is 1. The first kappa shape index (κ1) is 28.0. The van der Waals surface area contributed by atoms with Crippen molar-refractivity contribution in [2.45, 2.75) is 6.92 Å². The summed E-state index contributed by atoms with van der Waals surface area (Å²) in [5.41, 5.74) is 2.15. The zero-order chi connectivity index (χ0) is 29.4. The van der Waals surface area contributed by atoms with Crippen molar-refractivity contribution in [1.29, 1.82) is 0 Å². The molecule has 1 aliphatic heterocycles. The molecular weight excluding hydrogens is 520 g/mol. The Morgan fingerprint density at radius 1 is 0.951 bits per heavy atom. The first-order valence-corrected chi connectivity index (χ1v) is 12.8. The fourth-order valence-electron chi connectivity index (χ4n) is 4.96. The minimum atomic E-state index is -0.985. The van der Waals surface area contributed by atoms with Gasteiger partial charge in [0.25, 0.3) is 11.7 Å². The minimum Gasteiger partial charge on any atom is -0.506 e. The van der Waals surface area contributed by atoms with E-state index in [1.807, 2.05) is 48.2 Å². The van der Waals surface area contributed by atoms with Gasteiger partial charge in [-0.15, -0.1) is 0 Å². The first-order valence-electron chi connectivity index (χ1n) is 12.8. The predicted molar refractivity (Wildman–Crippen MR) is 159 cm³/mol. The number of aromatic nitrogens is 3. The van der Waals surface area contributed by atoms with E-state index < -0.39 is 17.5 Å². The third kappa shape index (κ3) is 5.19. The summed E-state index contributed by atoms with van der Waals surface area (Å²) in [4.78, 5) is 38.3. The van der Waals surface area contributed by atoms with Crippen molar-refractivity contribution in [2.75, 3.05) is 41.3 Å². The van der Waals surface area contributed by atoms with E-state index in [0.717, 1.165) is 23.7 Å². The Bertz CT molecular complexity index is 1610. The Labute approximate surface area is 240 Å². The van der Waals surface area contributed by atoms with Crippen molar-refractivity contribution in [1.82, 2.24) is 14.5 Å². The summed E-state index contributed by atoms with van der Waals surface area (Å²) >= 11 is 0. The second kappa shape index (κ2) is 11.2. The van der Waals surface area contributed by atoms with E-state index in [4.69, 9.17) is 23.5 Å². The van der Waals surface area contributed by atoms with Gasteiger partial charge >= 0.3 is 0 Å². The highest BCUT2D eigenvalue weighted by atomic mass is 19.1. The smallest absolute Gasteiger partial charge is 0.298 e. The summed E-state index contributed by atoms with van der Waals surface area (Å²) in [6.07, 6.45) is 2.19. The number of phenolic OH excluding ortho intramolecular Hbond substituents is 1. The summed E-state index contributed by atoms with van der Waals surface area (Å²) in [5, 5.41) is 13.5. The molecule has 1 saturated heterocycles. The fraction of sp³-hybridized carbons (Fsp3) is 0.214. The number of nitrogens with one attached hydrogen (secondary N) is 1. The number of hydrogen-bond acceptors (Lipinski definition) is 7. The van der Waals surface area contributed by atoms with Gasteiger partial charge < -0.3 is 24.8 Å². The maximum Gasteiger partial charge on any atom is 0.298 e. The molecule has 200 valence electrons. The molecule has 0 saturated carbocycles. The van der Waals surface area contributed by atoms with E-state index >= 15 is 0 Å². The van der Waals surface area contributed by atoms with E-state index in [9.17, 15) is 19.1 Å². The Hall–Kier alpha value is -4.54. The van der Waals surface area contributed by atoms with Crippen LogP contribution in [0, 0.1) is 12.7 Å². The number of amides is 1. The quantitative estimate of drug-likeness (QED) is 0.203. The number of aryl methyl sites for hydroxylation is 1. The molecule has 2 aromatic heterocycles.